The van der Waals surface area contributed by atoms with Crippen LogP contribution in [-0.2, 0) is 0 Å². The summed E-state index contributed by atoms with van der Waals surface area (Å²) in [6.07, 6.45) is 5.56. The number of terminal acetylenes is 1. The van der Waals surface area contributed by atoms with E-state index >= 15 is 0 Å². The monoisotopic (exact) mass is 167 g/mol. The highest BCUT2D eigenvalue weighted by molar-refractivity contribution is 5.12. The van der Waals surface area contributed by atoms with Crippen molar-refractivity contribution < 1.29 is 0 Å². The lowest BCUT2D eigenvalue weighted by Gasteiger charge is -2.40. The van der Waals surface area contributed by atoms with E-state index in [-0.39, 0.29) is 5.54 Å². The van der Waals surface area contributed by atoms with Crippen LogP contribution in [0.4, 0.5) is 0 Å². The van der Waals surface area contributed by atoms with Gasteiger partial charge in [-0.1, -0.05) is 19.8 Å². The smallest absolute Gasteiger partial charge is 0.0817 e. The molecule has 0 spiro atoms. The first-order valence-electron chi connectivity index (χ1n) is 4.57. The van der Waals surface area contributed by atoms with Crippen molar-refractivity contribution >= 4 is 0 Å². The third kappa shape index (κ3) is 2.01. The Kier molecular flexibility index (Phi) is 3.80. The Balaban J connectivity index is 4.66. The van der Waals surface area contributed by atoms with Crippen molar-refractivity contribution in [2.45, 2.75) is 46.2 Å². The molecule has 1 unspecified atom stereocenters. The van der Waals surface area contributed by atoms with Gasteiger partial charge < -0.3 is 0 Å². The van der Waals surface area contributed by atoms with E-state index in [0.717, 1.165) is 0 Å². The van der Waals surface area contributed by atoms with Gasteiger partial charge in [0.05, 0.1) is 5.54 Å². The lowest BCUT2D eigenvalue weighted by Crippen LogP contribution is -2.50. The van der Waals surface area contributed by atoms with E-state index in [1.807, 2.05) is 0 Å². The van der Waals surface area contributed by atoms with Gasteiger partial charge in [-0.2, -0.15) is 0 Å². The predicted octanol–water partition coefficient (Wildman–Crippen LogP) is 2.37. The van der Waals surface area contributed by atoms with Gasteiger partial charge in [0, 0.05) is 6.04 Å². The first-order valence-corrected chi connectivity index (χ1v) is 4.57. The Labute approximate surface area is 77.1 Å². The van der Waals surface area contributed by atoms with Gasteiger partial charge in [-0.3, -0.25) is 4.90 Å². The molecule has 1 nitrogen and oxygen atoms in total. The molecular formula is C11H21N. The lowest BCUT2D eigenvalue weighted by atomic mass is 9.87. The van der Waals surface area contributed by atoms with Crippen molar-refractivity contribution in [2.24, 2.45) is 5.92 Å². The summed E-state index contributed by atoms with van der Waals surface area (Å²) in [5.74, 6) is 3.37. The summed E-state index contributed by atoms with van der Waals surface area (Å²) in [5.41, 5.74) is -0.117. The molecule has 1 heteroatoms. The third-order valence-corrected chi connectivity index (χ3v) is 2.92. The molecule has 0 heterocycles. The second kappa shape index (κ2) is 3.96. The number of rotatable bonds is 3. The van der Waals surface area contributed by atoms with Gasteiger partial charge >= 0.3 is 0 Å². The zero-order valence-electron chi connectivity index (χ0n) is 9.18. The minimum absolute atomic E-state index is 0.117. The predicted molar refractivity (Wildman–Crippen MR) is 55.0 cm³/mol. The second-order valence-electron chi connectivity index (χ2n) is 4.15. The summed E-state index contributed by atoms with van der Waals surface area (Å²) in [4.78, 5) is 2.25. The Morgan fingerprint density at radius 3 is 1.75 bits per heavy atom. The molecule has 0 aliphatic heterocycles. The average molecular weight is 167 g/mol. The minimum atomic E-state index is -0.117. The zero-order valence-corrected chi connectivity index (χ0v) is 9.18. The summed E-state index contributed by atoms with van der Waals surface area (Å²) >= 11 is 0. The summed E-state index contributed by atoms with van der Waals surface area (Å²) in [5, 5.41) is 0. The molecular weight excluding hydrogens is 146 g/mol. The van der Waals surface area contributed by atoms with Crippen LogP contribution in [0.25, 0.3) is 0 Å². The van der Waals surface area contributed by atoms with E-state index in [4.69, 9.17) is 6.42 Å². The molecule has 0 bridgehead atoms. The van der Waals surface area contributed by atoms with Gasteiger partial charge in [0.25, 0.3) is 0 Å². The maximum absolute atomic E-state index is 5.56. The van der Waals surface area contributed by atoms with E-state index in [2.05, 4.69) is 52.5 Å². The fraction of sp³-hybridized carbons (Fsp3) is 0.818. The second-order valence-corrected chi connectivity index (χ2v) is 4.15. The van der Waals surface area contributed by atoms with Crippen LogP contribution in [0.5, 0.6) is 0 Å². The van der Waals surface area contributed by atoms with Crippen LogP contribution >= 0.6 is 0 Å². The van der Waals surface area contributed by atoms with Crippen molar-refractivity contribution in [1.82, 2.24) is 4.90 Å². The molecule has 12 heavy (non-hydrogen) atoms. The van der Waals surface area contributed by atoms with Crippen molar-refractivity contribution in [3.05, 3.63) is 0 Å². The third-order valence-electron chi connectivity index (χ3n) is 2.92. The van der Waals surface area contributed by atoms with E-state index < -0.39 is 0 Å². The van der Waals surface area contributed by atoms with Gasteiger partial charge in [-0.15, -0.1) is 6.42 Å². The van der Waals surface area contributed by atoms with E-state index in [1.165, 1.54) is 0 Å². The van der Waals surface area contributed by atoms with Gasteiger partial charge in [-0.05, 0) is 33.7 Å². The van der Waals surface area contributed by atoms with Gasteiger partial charge in [0.1, 0.15) is 0 Å². The molecule has 0 aromatic rings. The SMILES string of the molecule is C#CC(C)(C(C)C)N(C)C(C)C. The quantitative estimate of drug-likeness (QED) is 0.583. The molecule has 70 valence electrons. The standard InChI is InChI=1S/C11H21N/c1-8-11(6,9(2)3)12(7)10(4)5/h1,9-10H,2-7H3. The van der Waals surface area contributed by atoms with Gasteiger partial charge in [0.2, 0.25) is 0 Å². The van der Waals surface area contributed by atoms with Gasteiger partial charge in [-0.25, -0.2) is 0 Å². The highest BCUT2D eigenvalue weighted by atomic mass is 15.2. The van der Waals surface area contributed by atoms with E-state index in [9.17, 15) is 0 Å². The zero-order chi connectivity index (χ0) is 9.94. The topological polar surface area (TPSA) is 3.24 Å². The Morgan fingerprint density at radius 2 is 1.67 bits per heavy atom. The summed E-state index contributed by atoms with van der Waals surface area (Å²) < 4.78 is 0. The van der Waals surface area contributed by atoms with E-state index in [1.54, 1.807) is 0 Å². The van der Waals surface area contributed by atoms with Crippen LogP contribution < -0.4 is 0 Å². The average Bonchev–Trinajstić information content (AvgIpc) is 2.01. The van der Waals surface area contributed by atoms with Gasteiger partial charge in [0.15, 0.2) is 0 Å². The number of hydrogen-bond acceptors (Lipinski definition) is 1. The fourth-order valence-corrected chi connectivity index (χ4v) is 1.21. The maximum Gasteiger partial charge on any atom is 0.0817 e. The molecule has 0 saturated carbocycles. The first-order chi connectivity index (χ1) is 5.36. The lowest BCUT2D eigenvalue weighted by molar-refractivity contribution is 0.110. The molecule has 0 aliphatic rings. The number of nitrogens with zero attached hydrogens (tertiary/aromatic N) is 1. The maximum atomic E-state index is 5.56. The van der Waals surface area contributed by atoms with Crippen molar-refractivity contribution in [2.75, 3.05) is 7.05 Å². The fourth-order valence-electron chi connectivity index (χ4n) is 1.21. The summed E-state index contributed by atoms with van der Waals surface area (Å²) in [7, 11) is 2.09. The van der Waals surface area contributed by atoms with Crippen LogP contribution in [0.2, 0.25) is 0 Å². The van der Waals surface area contributed by atoms with E-state index in [0.29, 0.717) is 12.0 Å². The van der Waals surface area contributed by atoms with Crippen LogP contribution in [0.3, 0.4) is 0 Å². The molecule has 0 N–H and O–H groups in total. The molecule has 0 radical (unpaired) electrons. The normalized spacial score (nSPS) is 16.7. The van der Waals surface area contributed by atoms with Crippen molar-refractivity contribution in [1.29, 1.82) is 0 Å². The molecule has 1 atom stereocenters. The van der Waals surface area contributed by atoms with Crippen LogP contribution in [-0.4, -0.2) is 23.5 Å². The number of hydrogen-bond donors (Lipinski definition) is 0. The molecule has 0 amide bonds. The molecule has 0 aromatic heterocycles. The minimum Gasteiger partial charge on any atom is -0.288 e. The van der Waals surface area contributed by atoms with Crippen molar-refractivity contribution in [3.8, 4) is 12.3 Å². The molecule has 0 fully saturated rings. The van der Waals surface area contributed by atoms with Crippen LogP contribution in [0, 0.1) is 18.3 Å². The summed E-state index contributed by atoms with van der Waals surface area (Å²) in [6.45, 7) is 10.8. The Hall–Kier alpha value is -0.480. The summed E-state index contributed by atoms with van der Waals surface area (Å²) in [6, 6.07) is 0.494. The van der Waals surface area contributed by atoms with Crippen LogP contribution in [0.1, 0.15) is 34.6 Å². The van der Waals surface area contributed by atoms with Crippen molar-refractivity contribution in [3.63, 3.8) is 0 Å². The molecule has 0 saturated heterocycles. The Morgan fingerprint density at radius 1 is 1.25 bits per heavy atom. The Bertz CT molecular complexity index is 176. The highest BCUT2D eigenvalue weighted by Gasteiger charge is 2.31. The van der Waals surface area contributed by atoms with Crippen LogP contribution in [0.15, 0.2) is 0 Å². The first kappa shape index (κ1) is 11.5. The molecule has 0 rings (SSSR count). The molecule has 0 aliphatic carbocycles. The molecule has 0 aromatic carbocycles. The largest absolute Gasteiger partial charge is 0.288 e. The highest BCUT2D eigenvalue weighted by Crippen LogP contribution is 2.24.